The van der Waals surface area contributed by atoms with Gasteiger partial charge in [-0.05, 0) is 36.8 Å². The molecule has 0 fully saturated rings. The van der Waals surface area contributed by atoms with Gasteiger partial charge >= 0.3 is 0 Å². The molecule has 0 unspecified atom stereocenters. The molecule has 0 atom stereocenters. The van der Waals surface area contributed by atoms with Crippen molar-refractivity contribution in [2.24, 2.45) is 0 Å². The first-order valence-electron chi connectivity index (χ1n) is 7.98. The summed E-state index contributed by atoms with van der Waals surface area (Å²) in [6, 6.07) is 12.5. The molecule has 0 saturated heterocycles. The van der Waals surface area contributed by atoms with E-state index in [-0.39, 0.29) is 19.1 Å². The van der Waals surface area contributed by atoms with E-state index in [1.807, 2.05) is 25.1 Å². The number of nitrogens with one attached hydrogen (secondary N) is 2. The van der Waals surface area contributed by atoms with E-state index >= 15 is 0 Å². The summed E-state index contributed by atoms with van der Waals surface area (Å²) in [6.45, 7) is 1.45. The highest BCUT2D eigenvalue weighted by Crippen LogP contribution is 2.28. The zero-order chi connectivity index (χ0) is 18.9. The van der Waals surface area contributed by atoms with Gasteiger partial charge in [-0.2, -0.15) is 0 Å². The normalized spacial score (nSPS) is 10.1. The Bertz CT molecular complexity index is 776. The number of carbonyl (C=O) groups is 2. The second-order valence-corrected chi connectivity index (χ2v) is 5.52. The number of hydrogen-bond acceptors (Lipinski definition) is 5. The molecule has 2 rings (SSSR count). The van der Waals surface area contributed by atoms with Crippen LogP contribution in [0.1, 0.15) is 5.56 Å². The summed E-state index contributed by atoms with van der Waals surface area (Å²) in [6.07, 6.45) is 0. The average molecular weight is 358 g/mol. The van der Waals surface area contributed by atoms with Gasteiger partial charge in [0.05, 0.1) is 19.9 Å². The largest absolute Gasteiger partial charge is 0.497 e. The van der Waals surface area contributed by atoms with E-state index < -0.39 is 5.91 Å². The third-order valence-corrected chi connectivity index (χ3v) is 3.45. The van der Waals surface area contributed by atoms with Crippen molar-refractivity contribution in [3.63, 3.8) is 0 Å². The molecule has 0 aliphatic carbocycles. The third kappa shape index (κ3) is 5.78. The number of anilines is 2. The maximum absolute atomic E-state index is 12.0. The summed E-state index contributed by atoms with van der Waals surface area (Å²) >= 11 is 0. The zero-order valence-corrected chi connectivity index (χ0v) is 15.0. The predicted octanol–water partition coefficient (Wildman–Crippen LogP) is 2.61. The number of rotatable bonds is 8. The van der Waals surface area contributed by atoms with Crippen molar-refractivity contribution in [2.45, 2.75) is 6.92 Å². The van der Waals surface area contributed by atoms with Crippen molar-refractivity contribution in [1.29, 1.82) is 0 Å². The van der Waals surface area contributed by atoms with Crippen molar-refractivity contribution in [2.75, 3.05) is 38.1 Å². The summed E-state index contributed by atoms with van der Waals surface area (Å²) in [4.78, 5) is 23.8. The maximum atomic E-state index is 12.0. The van der Waals surface area contributed by atoms with Gasteiger partial charge in [0.15, 0.2) is 0 Å². The fourth-order valence-electron chi connectivity index (χ4n) is 2.25. The first-order chi connectivity index (χ1) is 12.5. The van der Waals surface area contributed by atoms with E-state index in [2.05, 4.69) is 10.6 Å². The van der Waals surface area contributed by atoms with Crippen molar-refractivity contribution < 1.29 is 23.8 Å². The lowest BCUT2D eigenvalue weighted by Gasteiger charge is -2.12. The lowest BCUT2D eigenvalue weighted by Crippen LogP contribution is -2.24. The molecule has 7 nitrogen and oxygen atoms in total. The summed E-state index contributed by atoms with van der Waals surface area (Å²) in [7, 11) is 3.03. The highest BCUT2D eigenvalue weighted by molar-refractivity contribution is 5.94. The lowest BCUT2D eigenvalue weighted by atomic mass is 10.2. The van der Waals surface area contributed by atoms with Crippen LogP contribution in [-0.2, 0) is 14.3 Å². The van der Waals surface area contributed by atoms with Crippen LogP contribution in [0, 0.1) is 6.92 Å². The molecule has 2 N–H and O–H groups in total. The highest BCUT2D eigenvalue weighted by Gasteiger charge is 2.10. The molecule has 138 valence electrons. The van der Waals surface area contributed by atoms with Gasteiger partial charge in [-0.15, -0.1) is 0 Å². The molecule has 0 radical (unpaired) electrons. The van der Waals surface area contributed by atoms with E-state index in [0.717, 1.165) is 5.56 Å². The van der Waals surface area contributed by atoms with Gasteiger partial charge in [0.2, 0.25) is 11.8 Å². The maximum Gasteiger partial charge on any atom is 0.250 e. The van der Waals surface area contributed by atoms with Crippen LogP contribution < -0.4 is 20.1 Å². The lowest BCUT2D eigenvalue weighted by molar-refractivity contribution is -0.125. The minimum atomic E-state index is -0.403. The Balaban J connectivity index is 1.81. The fourth-order valence-corrected chi connectivity index (χ4v) is 2.25. The number of methoxy groups -OCH3 is 2. The summed E-state index contributed by atoms with van der Waals surface area (Å²) in [5, 5.41) is 5.37. The van der Waals surface area contributed by atoms with Crippen LogP contribution in [-0.4, -0.2) is 39.2 Å². The van der Waals surface area contributed by atoms with Crippen molar-refractivity contribution in [1.82, 2.24) is 0 Å². The smallest absolute Gasteiger partial charge is 0.250 e. The van der Waals surface area contributed by atoms with Crippen molar-refractivity contribution in [3.8, 4) is 11.5 Å². The number of hydrogen-bond donors (Lipinski definition) is 2. The Labute approximate surface area is 152 Å². The Kier molecular flexibility index (Phi) is 6.99. The molecular weight excluding hydrogens is 336 g/mol. The molecule has 0 spiro atoms. The second kappa shape index (κ2) is 9.43. The molecular formula is C19H22N2O5. The molecule has 26 heavy (non-hydrogen) atoms. The second-order valence-electron chi connectivity index (χ2n) is 5.52. The van der Waals surface area contributed by atoms with Gasteiger partial charge in [0.25, 0.3) is 0 Å². The Morgan fingerprint density at radius 3 is 2.31 bits per heavy atom. The van der Waals surface area contributed by atoms with Crippen LogP contribution in [0.3, 0.4) is 0 Å². The number of amides is 2. The quantitative estimate of drug-likeness (QED) is 0.758. The molecule has 0 bridgehead atoms. The topological polar surface area (TPSA) is 85.9 Å². The summed E-state index contributed by atoms with van der Waals surface area (Å²) in [5.41, 5.74) is 2.18. The van der Waals surface area contributed by atoms with Crippen molar-refractivity contribution >= 4 is 23.2 Å². The summed E-state index contributed by atoms with van der Waals surface area (Å²) in [5.74, 6) is 0.346. The van der Waals surface area contributed by atoms with Crippen LogP contribution in [0.4, 0.5) is 11.4 Å². The SMILES string of the molecule is COc1ccc(OC)c(NC(=O)COCC(=O)Nc2cccc(C)c2)c1. The predicted molar refractivity (Wildman–Crippen MR) is 98.8 cm³/mol. The first-order valence-corrected chi connectivity index (χ1v) is 7.98. The molecule has 2 aromatic rings. The standard InChI is InChI=1S/C19H22N2O5/c1-13-5-4-6-14(9-13)20-18(22)11-26-12-19(23)21-16-10-15(24-2)7-8-17(16)25-3/h4-10H,11-12H2,1-3H3,(H,20,22)(H,21,23). The van der Waals surface area contributed by atoms with Gasteiger partial charge in [0.1, 0.15) is 24.7 Å². The summed E-state index contributed by atoms with van der Waals surface area (Å²) < 4.78 is 15.5. The molecule has 7 heteroatoms. The van der Waals surface area contributed by atoms with Gasteiger partial charge < -0.3 is 24.8 Å². The van der Waals surface area contributed by atoms with E-state index in [4.69, 9.17) is 14.2 Å². The molecule has 2 aromatic carbocycles. The van der Waals surface area contributed by atoms with Crippen molar-refractivity contribution in [3.05, 3.63) is 48.0 Å². The Hall–Kier alpha value is -3.06. The number of carbonyl (C=O) groups excluding carboxylic acids is 2. The number of ether oxygens (including phenoxy) is 3. The van der Waals surface area contributed by atoms with E-state index in [1.54, 1.807) is 24.3 Å². The molecule has 0 aliphatic rings. The molecule has 0 heterocycles. The number of aryl methyl sites for hydroxylation is 1. The van der Waals surface area contributed by atoms with Gasteiger partial charge in [-0.3, -0.25) is 9.59 Å². The molecule has 0 aromatic heterocycles. The van der Waals surface area contributed by atoms with Crippen LogP contribution in [0.15, 0.2) is 42.5 Å². The zero-order valence-electron chi connectivity index (χ0n) is 15.0. The van der Waals surface area contributed by atoms with Crippen LogP contribution in [0.2, 0.25) is 0 Å². The van der Waals surface area contributed by atoms with Crippen LogP contribution >= 0.6 is 0 Å². The molecule has 2 amide bonds. The highest BCUT2D eigenvalue weighted by atomic mass is 16.5. The Morgan fingerprint density at radius 1 is 0.923 bits per heavy atom. The van der Waals surface area contributed by atoms with E-state index in [0.29, 0.717) is 22.9 Å². The number of benzene rings is 2. The third-order valence-electron chi connectivity index (χ3n) is 3.45. The fraction of sp³-hybridized carbons (Fsp3) is 0.263. The van der Waals surface area contributed by atoms with E-state index in [1.165, 1.54) is 14.2 Å². The van der Waals surface area contributed by atoms with Gasteiger partial charge in [-0.25, -0.2) is 0 Å². The van der Waals surface area contributed by atoms with Crippen LogP contribution in [0.5, 0.6) is 11.5 Å². The van der Waals surface area contributed by atoms with Gasteiger partial charge in [-0.1, -0.05) is 12.1 Å². The minimum Gasteiger partial charge on any atom is -0.497 e. The average Bonchev–Trinajstić information content (AvgIpc) is 2.61. The van der Waals surface area contributed by atoms with Crippen LogP contribution in [0.25, 0.3) is 0 Å². The van der Waals surface area contributed by atoms with E-state index in [9.17, 15) is 9.59 Å². The minimum absolute atomic E-state index is 0.226. The molecule has 0 aliphatic heterocycles. The molecule has 0 saturated carbocycles. The first kappa shape index (κ1) is 19.3. The van der Waals surface area contributed by atoms with Gasteiger partial charge in [0, 0.05) is 11.8 Å². The monoisotopic (exact) mass is 358 g/mol. The Morgan fingerprint density at radius 2 is 1.65 bits per heavy atom.